The average molecular weight is 254 g/mol. The molecule has 3 rings (SSSR count). The van der Waals surface area contributed by atoms with Crippen LogP contribution in [0.15, 0.2) is 48.5 Å². The summed E-state index contributed by atoms with van der Waals surface area (Å²) in [5.74, 6) is 0.872. The molecule has 2 nitrogen and oxygen atoms in total. The Morgan fingerprint density at radius 1 is 1.00 bits per heavy atom. The fraction of sp³-hybridized carbons (Fsp3) is 0.188. The summed E-state index contributed by atoms with van der Waals surface area (Å²) in [4.78, 5) is 4.63. The minimum atomic E-state index is -0.188. The number of halogens is 1. The van der Waals surface area contributed by atoms with Gasteiger partial charge in [0.05, 0.1) is 11.0 Å². The molecule has 0 radical (unpaired) electrons. The van der Waals surface area contributed by atoms with Crippen LogP contribution in [-0.2, 0) is 19.9 Å². The standard InChI is InChI=1S/C16H15FN2/c1-19-15-5-3-2-4-14(15)18-16(19)11-8-12-6-9-13(17)10-7-12/h2-7,9-10H,8,11H2,1H3. The fourth-order valence-corrected chi connectivity index (χ4v) is 2.33. The molecule has 0 amide bonds. The van der Waals surface area contributed by atoms with Crippen molar-refractivity contribution in [2.75, 3.05) is 0 Å². The Morgan fingerprint density at radius 3 is 2.47 bits per heavy atom. The van der Waals surface area contributed by atoms with Crippen molar-refractivity contribution in [2.24, 2.45) is 7.05 Å². The Morgan fingerprint density at radius 2 is 1.74 bits per heavy atom. The third kappa shape index (κ3) is 2.36. The quantitative estimate of drug-likeness (QED) is 0.699. The lowest BCUT2D eigenvalue weighted by molar-refractivity contribution is 0.626. The zero-order chi connectivity index (χ0) is 13.2. The van der Waals surface area contributed by atoms with Crippen LogP contribution in [0.25, 0.3) is 11.0 Å². The number of para-hydroxylation sites is 2. The van der Waals surface area contributed by atoms with Gasteiger partial charge in [-0.05, 0) is 36.2 Å². The monoisotopic (exact) mass is 254 g/mol. The molecule has 3 aromatic rings. The van der Waals surface area contributed by atoms with Crippen LogP contribution in [0.2, 0.25) is 0 Å². The molecule has 96 valence electrons. The normalized spacial score (nSPS) is 11.1. The van der Waals surface area contributed by atoms with E-state index in [1.807, 2.05) is 37.4 Å². The molecule has 0 aliphatic rings. The molecule has 3 heteroatoms. The first-order valence-corrected chi connectivity index (χ1v) is 6.39. The summed E-state index contributed by atoms with van der Waals surface area (Å²) < 4.78 is 15.0. The Bertz CT molecular complexity index is 698. The fourth-order valence-electron chi connectivity index (χ4n) is 2.33. The van der Waals surface area contributed by atoms with E-state index < -0.39 is 0 Å². The Balaban J connectivity index is 1.82. The molecule has 0 aliphatic carbocycles. The predicted molar refractivity (Wildman–Crippen MR) is 74.5 cm³/mol. The van der Waals surface area contributed by atoms with Gasteiger partial charge in [-0.2, -0.15) is 0 Å². The van der Waals surface area contributed by atoms with E-state index in [1.165, 1.54) is 12.1 Å². The summed E-state index contributed by atoms with van der Waals surface area (Å²) in [5, 5.41) is 0. The van der Waals surface area contributed by atoms with Crippen molar-refractivity contribution < 1.29 is 4.39 Å². The molecule has 0 fully saturated rings. The smallest absolute Gasteiger partial charge is 0.123 e. The van der Waals surface area contributed by atoms with E-state index in [-0.39, 0.29) is 5.82 Å². The highest BCUT2D eigenvalue weighted by Gasteiger charge is 2.06. The Labute approximate surface area is 111 Å². The van der Waals surface area contributed by atoms with E-state index in [1.54, 1.807) is 0 Å². The van der Waals surface area contributed by atoms with Crippen molar-refractivity contribution in [1.29, 1.82) is 0 Å². The van der Waals surface area contributed by atoms with Gasteiger partial charge in [0.15, 0.2) is 0 Å². The van der Waals surface area contributed by atoms with Gasteiger partial charge in [-0.3, -0.25) is 0 Å². The van der Waals surface area contributed by atoms with Crippen LogP contribution in [0, 0.1) is 5.82 Å². The van der Waals surface area contributed by atoms with E-state index in [0.29, 0.717) is 0 Å². The summed E-state index contributed by atoms with van der Waals surface area (Å²) in [6.45, 7) is 0. The summed E-state index contributed by atoms with van der Waals surface area (Å²) >= 11 is 0. The van der Waals surface area contributed by atoms with Gasteiger partial charge in [0.25, 0.3) is 0 Å². The highest BCUT2D eigenvalue weighted by molar-refractivity contribution is 5.75. The predicted octanol–water partition coefficient (Wildman–Crippen LogP) is 3.50. The maximum atomic E-state index is 12.8. The minimum absolute atomic E-state index is 0.188. The molecule has 0 atom stereocenters. The second-order valence-electron chi connectivity index (χ2n) is 4.70. The number of aromatic nitrogens is 2. The minimum Gasteiger partial charge on any atom is -0.331 e. The van der Waals surface area contributed by atoms with Gasteiger partial charge in [0.1, 0.15) is 11.6 Å². The van der Waals surface area contributed by atoms with E-state index in [4.69, 9.17) is 0 Å². The Kier molecular flexibility index (Phi) is 3.03. The zero-order valence-corrected chi connectivity index (χ0v) is 10.8. The van der Waals surface area contributed by atoms with E-state index in [0.717, 1.165) is 35.3 Å². The van der Waals surface area contributed by atoms with Crippen LogP contribution in [-0.4, -0.2) is 9.55 Å². The first-order chi connectivity index (χ1) is 9.24. The number of aryl methyl sites for hydroxylation is 3. The second-order valence-corrected chi connectivity index (χ2v) is 4.70. The lowest BCUT2D eigenvalue weighted by Crippen LogP contribution is -2.00. The third-order valence-corrected chi connectivity index (χ3v) is 3.43. The van der Waals surface area contributed by atoms with Gasteiger partial charge in [0.2, 0.25) is 0 Å². The van der Waals surface area contributed by atoms with Crippen molar-refractivity contribution >= 4 is 11.0 Å². The summed E-state index contributed by atoms with van der Waals surface area (Å²) in [5.41, 5.74) is 3.31. The largest absolute Gasteiger partial charge is 0.331 e. The van der Waals surface area contributed by atoms with Crippen molar-refractivity contribution in [2.45, 2.75) is 12.8 Å². The number of hydrogen-bond donors (Lipinski definition) is 0. The number of hydrogen-bond acceptors (Lipinski definition) is 1. The maximum Gasteiger partial charge on any atom is 0.123 e. The van der Waals surface area contributed by atoms with Crippen molar-refractivity contribution in [3.05, 3.63) is 65.7 Å². The van der Waals surface area contributed by atoms with Crippen LogP contribution in [0.1, 0.15) is 11.4 Å². The zero-order valence-electron chi connectivity index (χ0n) is 10.8. The van der Waals surface area contributed by atoms with Crippen molar-refractivity contribution in [1.82, 2.24) is 9.55 Å². The van der Waals surface area contributed by atoms with Crippen molar-refractivity contribution in [3.8, 4) is 0 Å². The van der Waals surface area contributed by atoms with Gasteiger partial charge in [0, 0.05) is 13.5 Å². The summed E-state index contributed by atoms with van der Waals surface area (Å²) in [7, 11) is 2.04. The van der Waals surface area contributed by atoms with E-state index >= 15 is 0 Å². The van der Waals surface area contributed by atoms with Crippen LogP contribution >= 0.6 is 0 Å². The van der Waals surface area contributed by atoms with Gasteiger partial charge in [-0.25, -0.2) is 9.37 Å². The van der Waals surface area contributed by atoms with Crippen LogP contribution < -0.4 is 0 Å². The lowest BCUT2D eigenvalue weighted by Gasteiger charge is -2.03. The first-order valence-electron chi connectivity index (χ1n) is 6.39. The van der Waals surface area contributed by atoms with Crippen molar-refractivity contribution in [3.63, 3.8) is 0 Å². The Hall–Kier alpha value is -2.16. The highest BCUT2D eigenvalue weighted by Crippen LogP contribution is 2.16. The summed E-state index contributed by atoms with van der Waals surface area (Å²) in [6.07, 6.45) is 1.73. The molecule has 2 aromatic carbocycles. The van der Waals surface area contributed by atoms with E-state index in [9.17, 15) is 4.39 Å². The van der Waals surface area contributed by atoms with Crippen LogP contribution in [0.4, 0.5) is 4.39 Å². The lowest BCUT2D eigenvalue weighted by atomic mass is 10.1. The van der Waals surface area contributed by atoms with Crippen LogP contribution in [0.5, 0.6) is 0 Å². The molecule has 0 spiro atoms. The number of rotatable bonds is 3. The third-order valence-electron chi connectivity index (χ3n) is 3.43. The van der Waals surface area contributed by atoms with Gasteiger partial charge in [-0.15, -0.1) is 0 Å². The van der Waals surface area contributed by atoms with Gasteiger partial charge in [-0.1, -0.05) is 24.3 Å². The number of fused-ring (bicyclic) bond motifs is 1. The molecular weight excluding hydrogens is 239 g/mol. The molecule has 0 N–H and O–H groups in total. The SMILES string of the molecule is Cn1c(CCc2ccc(F)cc2)nc2ccccc21. The molecule has 0 aliphatic heterocycles. The molecule has 0 saturated carbocycles. The number of nitrogens with zero attached hydrogens (tertiary/aromatic N) is 2. The molecular formula is C16H15FN2. The molecule has 0 bridgehead atoms. The van der Waals surface area contributed by atoms with Gasteiger partial charge >= 0.3 is 0 Å². The van der Waals surface area contributed by atoms with Crippen LogP contribution in [0.3, 0.4) is 0 Å². The second kappa shape index (κ2) is 4.84. The highest BCUT2D eigenvalue weighted by atomic mass is 19.1. The average Bonchev–Trinajstić information content (AvgIpc) is 2.76. The molecule has 19 heavy (non-hydrogen) atoms. The van der Waals surface area contributed by atoms with Gasteiger partial charge < -0.3 is 4.57 Å². The maximum absolute atomic E-state index is 12.8. The molecule has 0 saturated heterocycles. The van der Waals surface area contributed by atoms with E-state index in [2.05, 4.69) is 15.6 Å². The molecule has 0 unspecified atom stereocenters. The first kappa shape index (κ1) is 11.9. The molecule has 1 aromatic heterocycles. The molecule has 1 heterocycles. The topological polar surface area (TPSA) is 17.8 Å². The number of benzene rings is 2. The summed E-state index contributed by atoms with van der Waals surface area (Å²) in [6, 6.07) is 14.8. The number of imidazole rings is 1.